The monoisotopic (exact) mass is 285 g/mol. The summed E-state index contributed by atoms with van der Waals surface area (Å²) in [5.41, 5.74) is 1.43. The lowest BCUT2D eigenvalue weighted by atomic mass is 9.99. The molecule has 0 atom stereocenters. The lowest BCUT2D eigenvalue weighted by Crippen LogP contribution is -2.23. The highest BCUT2D eigenvalue weighted by molar-refractivity contribution is 5.91. The van der Waals surface area contributed by atoms with Crippen LogP contribution in [0.2, 0.25) is 0 Å². The first-order valence-corrected chi connectivity index (χ1v) is 8.00. The van der Waals surface area contributed by atoms with E-state index in [1.807, 2.05) is 0 Å². The largest absolute Gasteiger partial charge is 0.496 e. The Hall–Kier alpha value is -1.54. The number of methoxy groups -OCH3 is 1. The average molecular weight is 285 g/mol. The maximum atomic E-state index is 5.45. The van der Waals surface area contributed by atoms with Crippen LogP contribution in [-0.2, 0) is 6.42 Å². The second-order valence-corrected chi connectivity index (χ2v) is 5.89. The van der Waals surface area contributed by atoms with E-state index in [2.05, 4.69) is 55.6 Å². The number of hydrogen-bond acceptors (Lipinski definition) is 2. The molecule has 0 radical (unpaired) electrons. The maximum absolute atomic E-state index is 5.45. The van der Waals surface area contributed by atoms with Crippen molar-refractivity contribution in [3.05, 3.63) is 42.0 Å². The lowest BCUT2D eigenvalue weighted by molar-refractivity contribution is 0.419. The predicted octanol–water partition coefficient (Wildman–Crippen LogP) is 4.56. The van der Waals surface area contributed by atoms with Gasteiger partial charge in [0.15, 0.2) is 0 Å². The van der Waals surface area contributed by atoms with Crippen molar-refractivity contribution in [2.45, 2.75) is 45.6 Å². The zero-order valence-electron chi connectivity index (χ0n) is 13.5. The SMILES string of the molecule is COc1ccc(CCCCCNC(C)C)c2ccccc12. The van der Waals surface area contributed by atoms with E-state index in [4.69, 9.17) is 4.74 Å². The number of unbranched alkanes of at least 4 members (excludes halogenated alkanes) is 2. The molecule has 0 heterocycles. The van der Waals surface area contributed by atoms with Crippen molar-refractivity contribution in [1.82, 2.24) is 5.32 Å². The van der Waals surface area contributed by atoms with E-state index in [9.17, 15) is 0 Å². The van der Waals surface area contributed by atoms with Gasteiger partial charge in [0.2, 0.25) is 0 Å². The van der Waals surface area contributed by atoms with Crippen molar-refractivity contribution < 1.29 is 4.74 Å². The summed E-state index contributed by atoms with van der Waals surface area (Å²) in [5, 5.41) is 6.02. The van der Waals surface area contributed by atoms with Crippen LogP contribution in [0.4, 0.5) is 0 Å². The average Bonchev–Trinajstić information content (AvgIpc) is 2.50. The van der Waals surface area contributed by atoms with E-state index in [0.717, 1.165) is 18.7 Å². The van der Waals surface area contributed by atoms with Crippen molar-refractivity contribution >= 4 is 10.8 Å². The van der Waals surface area contributed by atoms with Crippen LogP contribution in [0.15, 0.2) is 36.4 Å². The van der Waals surface area contributed by atoms with Gasteiger partial charge in [-0.1, -0.05) is 50.6 Å². The molecule has 0 unspecified atom stereocenters. The lowest BCUT2D eigenvalue weighted by Gasteiger charge is -2.11. The van der Waals surface area contributed by atoms with Crippen LogP contribution >= 0.6 is 0 Å². The molecule has 114 valence electrons. The summed E-state index contributed by atoms with van der Waals surface area (Å²) in [4.78, 5) is 0. The minimum absolute atomic E-state index is 0.593. The molecule has 0 bridgehead atoms. The fraction of sp³-hybridized carbons (Fsp3) is 0.474. The molecule has 2 aromatic rings. The summed E-state index contributed by atoms with van der Waals surface area (Å²) in [6.45, 7) is 5.52. The van der Waals surface area contributed by atoms with Crippen LogP contribution in [0.3, 0.4) is 0 Å². The minimum Gasteiger partial charge on any atom is -0.496 e. The molecule has 0 saturated heterocycles. The number of rotatable bonds is 8. The summed E-state index contributed by atoms with van der Waals surface area (Å²) in [6.07, 6.45) is 4.93. The highest BCUT2D eigenvalue weighted by Crippen LogP contribution is 2.29. The molecule has 1 N–H and O–H groups in total. The molecule has 0 saturated carbocycles. The normalized spacial score (nSPS) is 11.2. The van der Waals surface area contributed by atoms with Gasteiger partial charge in [-0.25, -0.2) is 0 Å². The topological polar surface area (TPSA) is 21.3 Å². The Balaban J connectivity index is 1.93. The molecule has 0 fully saturated rings. The van der Waals surface area contributed by atoms with Crippen molar-refractivity contribution in [3.63, 3.8) is 0 Å². The van der Waals surface area contributed by atoms with E-state index in [0.29, 0.717) is 6.04 Å². The smallest absolute Gasteiger partial charge is 0.126 e. The maximum Gasteiger partial charge on any atom is 0.126 e. The van der Waals surface area contributed by atoms with Crippen LogP contribution in [-0.4, -0.2) is 19.7 Å². The molecule has 2 aromatic carbocycles. The van der Waals surface area contributed by atoms with Gasteiger partial charge in [0.05, 0.1) is 7.11 Å². The highest BCUT2D eigenvalue weighted by atomic mass is 16.5. The standard InChI is InChI=1S/C19H27NO/c1-15(2)20-14-8-4-5-9-16-12-13-19(21-3)18-11-7-6-10-17(16)18/h6-7,10-13,15,20H,4-5,8-9,14H2,1-3H3. The van der Waals surface area contributed by atoms with Gasteiger partial charge < -0.3 is 10.1 Å². The predicted molar refractivity (Wildman–Crippen MR) is 91.2 cm³/mol. The van der Waals surface area contributed by atoms with Crippen molar-refractivity contribution in [2.75, 3.05) is 13.7 Å². The Bertz CT molecular complexity index is 562. The van der Waals surface area contributed by atoms with Gasteiger partial charge in [-0.05, 0) is 42.8 Å². The Labute approximate surface area is 128 Å². The van der Waals surface area contributed by atoms with Crippen LogP contribution in [0.1, 0.15) is 38.7 Å². The van der Waals surface area contributed by atoms with Crippen LogP contribution in [0.25, 0.3) is 10.8 Å². The molecular formula is C19H27NO. The van der Waals surface area contributed by atoms with Crippen LogP contribution in [0, 0.1) is 0 Å². The summed E-state index contributed by atoms with van der Waals surface area (Å²) in [5.74, 6) is 0.968. The Morgan fingerprint density at radius 3 is 2.43 bits per heavy atom. The van der Waals surface area contributed by atoms with Crippen molar-refractivity contribution in [2.24, 2.45) is 0 Å². The van der Waals surface area contributed by atoms with Gasteiger partial charge in [0.1, 0.15) is 5.75 Å². The second-order valence-electron chi connectivity index (χ2n) is 5.89. The zero-order valence-corrected chi connectivity index (χ0v) is 13.5. The second kappa shape index (κ2) is 8.04. The molecule has 0 spiro atoms. The van der Waals surface area contributed by atoms with Crippen LogP contribution < -0.4 is 10.1 Å². The first-order chi connectivity index (χ1) is 10.2. The van der Waals surface area contributed by atoms with Crippen molar-refractivity contribution in [1.29, 1.82) is 0 Å². The molecule has 0 aliphatic heterocycles. The van der Waals surface area contributed by atoms with E-state index in [-0.39, 0.29) is 0 Å². The van der Waals surface area contributed by atoms with Crippen LogP contribution in [0.5, 0.6) is 5.75 Å². The number of ether oxygens (including phenoxy) is 1. The van der Waals surface area contributed by atoms with E-state index < -0.39 is 0 Å². The number of nitrogens with one attached hydrogen (secondary N) is 1. The summed E-state index contributed by atoms with van der Waals surface area (Å²) < 4.78 is 5.45. The third-order valence-electron chi connectivity index (χ3n) is 3.87. The minimum atomic E-state index is 0.593. The molecule has 2 rings (SSSR count). The van der Waals surface area contributed by atoms with Gasteiger partial charge >= 0.3 is 0 Å². The molecule has 2 heteroatoms. The first-order valence-electron chi connectivity index (χ1n) is 8.00. The van der Waals surface area contributed by atoms with E-state index in [1.54, 1.807) is 7.11 Å². The molecule has 0 aromatic heterocycles. The number of benzene rings is 2. The van der Waals surface area contributed by atoms with Gasteiger partial charge in [-0.15, -0.1) is 0 Å². The molecule has 2 nitrogen and oxygen atoms in total. The van der Waals surface area contributed by atoms with Gasteiger partial charge in [-0.3, -0.25) is 0 Å². The summed E-state index contributed by atoms with van der Waals surface area (Å²) >= 11 is 0. The van der Waals surface area contributed by atoms with E-state index in [1.165, 1.54) is 35.6 Å². The quantitative estimate of drug-likeness (QED) is 0.718. The number of hydrogen-bond donors (Lipinski definition) is 1. The summed E-state index contributed by atoms with van der Waals surface area (Å²) in [6, 6.07) is 13.4. The van der Waals surface area contributed by atoms with Gasteiger partial charge in [0.25, 0.3) is 0 Å². The molecule has 0 amide bonds. The molecule has 0 aliphatic rings. The van der Waals surface area contributed by atoms with Gasteiger partial charge in [0, 0.05) is 11.4 Å². The summed E-state index contributed by atoms with van der Waals surface area (Å²) in [7, 11) is 1.74. The van der Waals surface area contributed by atoms with Crippen molar-refractivity contribution in [3.8, 4) is 5.75 Å². The van der Waals surface area contributed by atoms with E-state index >= 15 is 0 Å². The Kier molecular flexibility index (Phi) is 6.06. The Morgan fingerprint density at radius 1 is 0.952 bits per heavy atom. The molecular weight excluding hydrogens is 258 g/mol. The molecule has 0 aliphatic carbocycles. The third-order valence-corrected chi connectivity index (χ3v) is 3.87. The third kappa shape index (κ3) is 4.47. The zero-order chi connectivity index (χ0) is 15.1. The first kappa shape index (κ1) is 15.8. The fourth-order valence-corrected chi connectivity index (χ4v) is 2.74. The number of aryl methyl sites for hydroxylation is 1. The Morgan fingerprint density at radius 2 is 1.71 bits per heavy atom. The fourth-order valence-electron chi connectivity index (χ4n) is 2.74. The van der Waals surface area contributed by atoms with Gasteiger partial charge in [-0.2, -0.15) is 0 Å². The number of fused-ring (bicyclic) bond motifs is 1. The highest BCUT2D eigenvalue weighted by Gasteiger charge is 2.05. The molecule has 21 heavy (non-hydrogen) atoms.